The first-order valence-corrected chi connectivity index (χ1v) is 26.0. The molecule has 2 aromatic heterocycles. The van der Waals surface area contributed by atoms with Gasteiger partial charge in [0.1, 0.15) is 12.5 Å². The van der Waals surface area contributed by atoms with E-state index in [-0.39, 0.29) is 5.41 Å². The van der Waals surface area contributed by atoms with Crippen LogP contribution in [0.25, 0.3) is 70.5 Å². The molecule has 12 aromatic rings. The number of anilines is 7. The summed E-state index contributed by atoms with van der Waals surface area (Å²) in [5, 5.41) is 2.60. The first kappa shape index (κ1) is 42.9. The van der Waals surface area contributed by atoms with Crippen LogP contribution in [0.4, 0.5) is 39.9 Å². The maximum Gasteiger partial charge on any atom is 0.122 e. The van der Waals surface area contributed by atoms with Crippen LogP contribution in [0.3, 0.4) is 0 Å². The van der Waals surface area contributed by atoms with E-state index in [1.165, 1.54) is 87.3 Å². The first-order valence-electron chi connectivity index (χ1n) is 25.2. The topological polar surface area (TPSA) is 14.7 Å². The molecule has 0 unspecified atom stereocenters. The second-order valence-electron chi connectivity index (χ2n) is 19.7. The predicted octanol–water partition coefficient (Wildman–Crippen LogP) is 18.9. The number of fused-ring (bicyclic) bond motifs is 7. The van der Waals surface area contributed by atoms with Crippen LogP contribution in [0, 0.1) is 0 Å². The number of nitrogens with zero attached hydrogens (tertiary/aromatic N) is 4. The van der Waals surface area contributed by atoms with E-state index in [0.29, 0.717) is 6.67 Å². The van der Waals surface area contributed by atoms with Crippen molar-refractivity contribution in [2.24, 2.45) is 0 Å². The van der Waals surface area contributed by atoms with Gasteiger partial charge in [-0.2, -0.15) is 0 Å². The van der Waals surface area contributed by atoms with Crippen LogP contribution in [0.2, 0.25) is 0 Å². The summed E-state index contributed by atoms with van der Waals surface area (Å²) in [4.78, 5) is 7.46. The minimum atomic E-state index is -0.293. The molecule has 1 aliphatic carbocycles. The molecule has 0 amide bonds. The molecule has 10 aromatic carbocycles. The molecule has 73 heavy (non-hydrogen) atoms. The van der Waals surface area contributed by atoms with E-state index >= 15 is 0 Å². The van der Waals surface area contributed by atoms with Crippen molar-refractivity contribution in [3.05, 3.63) is 266 Å². The predicted molar refractivity (Wildman–Crippen MR) is 309 cm³/mol. The molecule has 1 aliphatic heterocycles. The number of para-hydroxylation sites is 4. The first-order chi connectivity index (χ1) is 36.0. The maximum absolute atomic E-state index is 2.50. The Morgan fingerprint density at radius 1 is 0.411 bits per heavy atom. The zero-order chi connectivity index (χ0) is 48.6. The van der Waals surface area contributed by atoms with E-state index in [1.807, 2.05) is 11.3 Å². The highest BCUT2D eigenvalue weighted by atomic mass is 32.1. The van der Waals surface area contributed by atoms with Crippen molar-refractivity contribution in [1.29, 1.82) is 0 Å². The Balaban J connectivity index is 1.04. The average Bonchev–Trinajstić information content (AvgIpc) is 4.23. The average molecular weight is 955 g/mol. The third-order valence-electron chi connectivity index (χ3n) is 15.2. The third kappa shape index (κ3) is 7.03. The summed E-state index contributed by atoms with van der Waals surface area (Å²) in [6, 6.07) is 93.8. The smallest absolute Gasteiger partial charge is 0.122 e. The Bertz CT molecular complexity index is 4030. The van der Waals surface area contributed by atoms with Gasteiger partial charge in [0.05, 0.1) is 17.1 Å². The number of benzene rings is 10. The van der Waals surface area contributed by atoms with Gasteiger partial charge in [-0.25, -0.2) is 0 Å². The summed E-state index contributed by atoms with van der Waals surface area (Å²) in [5.41, 5.74) is 20.0. The Labute approximate surface area is 430 Å². The third-order valence-corrected chi connectivity index (χ3v) is 16.4. The molecule has 0 saturated heterocycles. The van der Waals surface area contributed by atoms with Gasteiger partial charge in [0.2, 0.25) is 0 Å². The Kier molecular flexibility index (Phi) is 10.1. The molecule has 0 atom stereocenters. The molecule has 0 radical (unpaired) electrons. The zero-order valence-corrected chi connectivity index (χ0v) is 41.5. The molecular weight excluding hydrogens is 905 g/mol. The molecule has 0 fully saturated rings. The van der Waals surface area contributed by atoms with E-state index in [0.717, 1.165) is 34.3 Å². The van der Waals surface area contributed by atoms with E-state index in [4.69, 9.17) is 0 Å². The molecule has 5 heteroatoms. The number of aromatic nitrogens is 1. The molecule has 14 rings (SSSR count). The van der Waals surface area contributed by atoms with Crippen LogP contribution in [0.1, 0.15) is 25.0 Å². The Morgan fingerprint density at radius 3 is 1.77 bits per heavy atom. The van der Waals surface area contributed by atoms with E-state index in [9.17, 15) is 0 Å². The monoisotopic (exact) mass is 954 g/mol. The van der Waals surface area contributed by atoms with Gasteiger partial charge in [-0.15, -0.1) is 11.3 Å². The van der Waals surface area contributed by atoms with Gasteiger partial charge in [0, 0.05) is 65.2 Å². The molecule has 0 N–H and O–H groups in total. The van der Waals surface area contributed by atoms with Crippen molar-refractivity contribution >= 4 is 71.5 Å². The fourth-order valence-corrected chi connectivity index (χ4v) is 12.9. The fraction of sp³-hybridized carbons (Fsp3) is 0.0588. The molecule has 348 valence electrons. The molecule has 3 heterocycles. The molecule has 0 spiro atoms. The summed E-state index contributed by atoms with van der Waals surface area (Å²) in [6.07, 6.45) is 0. The van der Waals surface area contributed by atoms with Crippen LogP contribution in [0.15, 0.2) is 255 Å². The molecule has 0 saturated carbocycles. The van der Waals surface area contributed by atoms with Crippen molar-refractivity contribution in [2.75, 3.05) is 21.4 Å². The number of thiophene rings is 1. The zero-order valence-electron chi connectivity index (χ0n) is 40.7. The number of rotatable bonds is 9. The lowest BCUT2D eigenvalue weighted by molar-refractivity contribution is 0.660. The minimum Gasteiger partial charge on any atom is -0.321 e. The van der Waals surface area contributed by atoms with Crippen molar-refractivity contribution < 1.29 is 0 Å². The van der Waals surface area contributed by atoms with Crippen LogP contribution in [0.5, 0.6) is 0 Å². The van der Waals surface area contributed by atoms with Gasteiger partial charge in [0.15, 0.2) is 0 Å². The normalized spacial score (nSPS) is 13.3. The van der Waals surface area contributed by atoms with E-state index in [2.05, 4.69) is 288 Å². The second kappa shape index (κ2) is 17.2. The molecule has 4 nitrogen and oxygen atoms in total. The Hall–Kier alpha value is -8.90. The summed E-state index contributed by atoms with van der Waals surface area (Å²) < 4.78 is 5.05. The maximum atomic E-state index is 2.50. The van der Waals surface area contributed by atoms with Crippen LogP contribution in [-0.2, 0) is 5.41 Å². The summed E-state index contributed by atoms with van der Waals surface area (Å²) in [6.45, 7) is 5.49. The van der Waals surface area contributed by atoms with Gasteiger partial charge in [-0.3, -0.25) is 9.47 Å². The second-order valence-corrected chi connectivity index (χ2v) is 20.8. The van der Waals surface area contributed by atoms with Crippen molar-refractivity contribution in [3.63, 3.8) is 0 Å². The van der Waals surface area contributed by atoms with Gasteiger partial charge < -0.3 is 9.80 Å². The van der Waals surface area contributed by atoms with Gasteiger partial charge in [0.25, 0.3) is 0 Å². The van der Waals surface area contributed by atoms with Gasteiger partial charge >= 0.3 is 0 Å². The lowest BCUT2D eigenvalue weighted by Gasteiger charge is -2.31. The van der Waals surface area contributed by atoms with Crippen LogP contribution >= 0.6 is 11.3 Å². The summed E-state index contributed by atoms with van der Waals surface area (Å²) in [5.74, 6) is 1.05. The fourth-order valence-electron chi connectivity index (χ4n) is 11.7. The number of hydrogen-bond donors (Lipinski definition) is 0. The number of hydrogen-bond acceptors (Lipinski definition) is 4. The van der Waals surface area contributed by atoms with Gasteiger partial charge in [-0.05, 0) is 130 Å². The van der Waals surface area contributed by atoms with E-state index in [1.54, 1.807) is 0 Å². The van der Waals surface area contributed by atoms with E-state index < -0.39 is 0 Å². The quantitative estimate of drug-likeness (QED) is 0.143. The molecule has 0 bridgehead atoms. The Morgan fingerprint density at radius 2 is 1.01 bits per heavy atom. The highest BCUT2D eigenvalue weighted by molar-refractivity contribution is 7.25. The highest BCUT2D eigenvalue weighted by Crippen LogP contribution is 2.58. The highest BCUT2D eigenvalue weighted by Gasteiger charge is 2.40. The largest absolute Gasteiger partial charge is 0.321 e. The molecular formula is C68H50N4S. The molecule has 2 aliphatic rings. The van der Waals surface area contributed by atoms with Crippen LogP contribution < -0.4 is 14.7 Å². The SMILES string of the molecule is CC1(C)c2ccccc2-c2c(-c3cccc4c3N(c3ccccc3)CN4c3ccccc3)cc(N(c3ccc(-c4ccccc4)cc3)c3ccc(-c4ccc5c(c4)sc4ccccc45)n3-c3ccccc3)cc21. The van der Waals surface area contributed by atoms with Crippen molar-refractivity contribution in [3.8, 4) is 50.3 Å². The van der Waals surface area contributed by atoms with Crippen molar-refractivity contribution in [1.82, 2.24) is 4.57 Å². The van der Waals surface area contributed by atoms with Gasteiger partial charge in [-0.1, -0.05) is 178 Å². The summed E-state index contributed by atoms with van der Waals surface area (Å²) >= 11 is 1.86. The van der Waals surface area contributed by atoms with Crippen LogP contribution in [-0.4, -0.2) is 11.2 Å². The lowest BCUT2D eigenvalue weighted by atomic mass is 9.81. The van der Waals surface area contributed by atoms with Crippen molar-refractivity contribution in [2.45, 2.75) is 19.3 Å². The standard InChI is InChI=1S/C68H50N4S/c1-68(2)59-31-17-15-29-57(59)66-58(56-30-19-32-62-67(56)70(50-24-11-5-12-25-50)45-69(62)49-22-9-4-10-23-49)43-53(44-60(66)68)71(52-37-34-47(35-38-52)46-20-7-3-8-21-46)65-41-40-61(72(65)51-26-13-6-14-27-51)48-36-39-55-54-28-16-18-33-63(54)73-64(55)42-48/h3-44H,45H2,1-2H3. The minimum absolute atomic E-state index is 0.293. The summed E-state index contributed by atoms with van der Waals surface area (Å²) in [7, 11) is 0. The lowest BCUT2D eigenvalue weighted by Crippen LogP contribution is -2.24.